The fraction of sp³-hybridized carbons (Fsp3) is 0.143. The number of aromatic nitrogens is 1. The van der Waals surface area contributed by atoms with Crippen LogP contribution in [0.1, 0.15) is 21.6 Å². The molecule has 0 amide bonds. The van der Waals surface area contributed by atoms with E-state index in [0.29, 0.717) is 22.2 Å². The monoisotopic (exact) mass is 257 g/mol. The first-order valence-electron chi connectivity index (χ1n) is 5.44. The van der Waals surface area contributed by atoms with Crippen LogP contribution < -0.4 is 10.2 Å². The lowest BCUT2D eigenvalue weighted by molar-refractivity contribution is 0.0690. The number of pyridine rings is 1. The Kier molecular flexibility index (Phi) is 3.01. The number of carboxylic acid groups (broad SMARTS) is 1. The van der Waals surface area contributed by atoms with E-state index in [1.807, 2.05) is 0 Å². The zero-order valence-electron chi connectivity index (χ0n) is 10.4. The molecule has 0 aliphatic heterocycles. The zero-order chi connectivity index (χ0) is 14.2. The second-order valence-corrected chi connectivity index (χ2v) is 3.99. The third kappa shape index (κ3) is 1.83. The number of rotatable bonds is 2. The molecule has 5 heteroatoms. The largest absolute Gasteiger partial charge is 0.495 e. The summed E-state index contributed by atoms with van der Waals surface area (Å²) < 4.78 is 5.13. The summed E-state index contributed by atoms with van der Waals surface area (Å²) in [5.41, 5.74) is 0.0692. The number of aromatic amines is 1. The summed E-state index contributed by atoms with van der Waals surface area (Å²) in [4.78, 5) is 26.1. The van der Waals surface area contributed by atoms with Crippen LogP contribution in [0.2, 0.25) is 0 Å². The number of aryl methyl sites for hydroxylation is 1. The number of H-pyrrole nitrogens is 1. The number of carbonyl (C=O) groups is 1. The first-order valence-corrected chi connectivity index (χ1v) is 5.44. The molecule has 5 nitrogen and oxygen atoms in total. The van der Waals surface area contributed by atoms with E-state index >= 15 is 0 Å². The number of hydrogen-bond acceptors (Lipinski definition) is 3. The lowest BCUT2D eigenvalue weighted by Gasteiger charge is -2.10. The Morgan fingerprint density at radius 1 is 1.47 bits per heavy atom. The number of carboxylic acids is 1. The molecule has 0 atom stereocenters. The third-order valence-corrected chi connectivity index (χ3v) is 2.91. The average Bonchev–Trinajstić information content (AvgIpc) is 2.38. The van der Waals surface area contributed by atoms with Crippen molar-refractivity contribution in [3.63, 3.8) is 0 Å². The topological polar surface area (TPSA) is 79.4 Å². The summed E-state index contributed by atoms with van der Waals surface area (Å²) in [5.74, 6) is 1.25. The number of fused-ring (bicyclic) bond motifs is 1. The second kappa shape index (κ2) is 4.50. The molecule has 0 spiro atoms. The minimum atomic E-state index is -1.28. The molecule has 96 valence electrons. The van der Waals surface area contributed by atoms with Gasteiger partial charge in [0.1, 0.15) is 17.0 Å². The highest BCUT2D eigenvalue weighted by atomic mass is 16.5. The van der Waals surface area contributed by atoms with E-state index in [4.69, 9.17) is 16.3 Å². The van der Waals surface area contributed by atoms with Crippen LogP contribution in [0.4, 0.5) is 0 Å². The first kappa shape index (κ1) is 12.7. The minimum Gasteiger partial charge on any atom is -0.495 e. The van der Waals surface area contributed by atoms with Crippen molar-refractivity contribution in [2.75, 3.05) is 7.11 Å². The Labute approximate surface area is 108 Å². The Hall–Kier alpha value is -2.74. The number of benzene rings is 1. The zero-order valence-corrected chi connectivity index (χ0v) is 10.4. The van der Waals surface area contributed by atoms with Crippen LogP contribution in [0.5, 0.6) is 5.75 Å². The maximum absolute atomic E-state index is 12.3. The number of nitrogens with one attached hydrogen (secondary N) is 1. The third-order valence-electron chi connectivity index (χ3n) is 2.91. The summed E-state index contributed by atoms with van der Waals surface area (Å²) in [7, 11) is 1.44. The summed E-state index contributed by atoms with van der Waals surface area (Å²) in [5, 5.41) is 9.45. The van der Waals surface area contributed by atoms with Crippen molar-refractivity contribution < 1.29 is 14.6 Å². The molecular formula is C14H11NO4. The van der Waals surface area contributed by atoms with Crippen molar-refractivity contribution in [2.24, 2.45) is 0 Å². The van der Waals surface area contributed by atoms with Gasteiger partial charge in [0, 0.05) is 0 Å². The molecular weight excluding hydrogens is 246 g/mol. The van der Waals surface area contributed by atoms with Crippen molar-refractivity contribution in [1.82, 2.24) is 4.98 Å². The van der Waals surface area contributed by atoms with Crippen LogP contribution in [0.15, 0.2) is 16.9 Å². The summed E-state index contributed by atoms with van der Waals surface area (Å²) in [6.45, 7) is 1.75. The molecule has 2 rings (SSSR count). The van der Waals surface area contributed by atoms with Crippen LogP contribution in [0, 0.1) is 19.3 Å². The summed E-state index contributed by atoms with van der Waals surface area (Å²) in [6.07, 6.45) is 5.24. The van der Waals surface area contributed by atoms with E-state index in [2.05, 4.69) is 10.9 Å². The first-order chi connectivity index (χ1) is 9.01. The lowest BCUT2D eigenvalue weighted by Crippen LogP contribution is -2.17. The van der Waals surface area contributed by atoms with E-state index in [1.165, 1.54) is 7.11 Å². The molecule has 0 radical (unpaired) electrons. The van der Waals surface area contributed by atoms with E-state index in [9.17, 15) is 9.59 Å². The van der Waals surface area contributed by atoms with Gasteiger partial charge in [0.2, 0.25) is 5.43 Å². The molecule has 0 aliphatic rings. The molecule has 0 bridgehead atoms. The molecule has 1 heterocycles. The Balaban J connectivity index is 3.09. The minimum absolute atomic E-state index is 0.184. The number of ether oxygens (including phenoxy) is 1. The molecule has 0 unspecified atom stereocenters. The molecule has 0 saturated heterocycles. The molecule has 2 aromatic rings. The van der Waals surface area contributed by atoms with Gasteiger partial charge in [-0.2, -0.15) is 0 Å². The van der Waals surface area contributed by atoms with Crippen LogP contribution in [-0.4, -0.2) is 23.2 Å². The molecule has 0 saturated carbocycles. The molecule has 19 heavy (non-hydrogen) atoms. The average molecular weight is 257 g/mol. The van der Waals surface area contributed by atoms with Crippen molar-refractivity contribution in [3.05, 3.63) is 39.2 Å². The molecule has 2 N–H and O–H groups in total. The van der Waals surface area contributed by atoms with Crippen molar-refractivity contribution in [1.29, 1.82) is 0 Å². The maximum Gasteiger partial charge on any atom is 0.353 e. The van der Waals surface area contributed by atoms with Crippen molar-refractivity contribution in [3.8, 4) is 18.1 Å². The fourth-order valence-corrected chi connectivity index (χ4v) is 2.00. The van der Waals surface area contributed by atoms with Gasteiger partial charge in [-0.25, -0.2) is 4.79 Å². The van der Waals surface area contributed by atoms with Gasteiger partial charge in [-0.15, -0.1) is 6.42 Å². The molecule has 1 aromatic heterocycles. The normalized spacial score (nSPS) is 10.2. The number of aromatic carboxylic acids is 1. The quantitative estimate of drug-likeness (QED) is 0.799. The Morgan fingerprint density at radius 2 is 2.16 bits per heavy atom. The van der Waals surface area contributed by atoms with Gasteiger partial charge >= 0.3 is 5.97 Å². The smallest absolute Gasteiger partial charge is 0.353 e. The van der Waals surface area contributed by atoms with Gasteiger partial charge < -0.3 is 14.8 Å². The summed E-state index contributed by atoms with van der Waals surface area (Å²) >= 11 is 0. The fourth-order valence-electron chi connectivity index (χ4n) is 2.00. The highest BCUT2D eigenvalue weighted by Crippen LogP contribution is 2.25. The van der Waals surface area contributed by atoms with Gasteiger partial charge in [-0.05, 0) is 18.6 Å². The van der Waals surface area contributed by atoms with Crippen LogP contribution in [-0.2, 0) is 0 Å². The van der Waals surface area contributed by atoms with E-state index in [0.717, 1.165) is 0 Å². The highest BCUT2D eigenvalue weighted by Gasteiger charge is 2.18. The molecule has 1 aromatic carbocycles. The highest BCUT2D eigenvalue weighted by molar-refractivity contribution is 5.95. The Bertz CT molecular complexity index is 781. The number of methoxy groups -OCH3 is 1. The summed E-state index contributed by atoms with van der Waals surface area (Å²) in [6, 6.07) is 3.38. The van der Waals surface area contributed by atoms with Crippen LogP contribution in [0.25, 0.3) is 10.9 Å². The second-order valence-electron chi connectivity index (χ2n) is 3.99. The SMILES string of the molecule is C#Cc1c(C(=O)O)[nH]c2c(OC)ccc(C)c2c1=O. The number of hydrogen-bond donors (Lipinski definition) is 2. The number of terminal acetylenes is 1. The van der Waals surface area contributed by atoms with E-state index in [1.54, 1.807) is 19.1 Å². The van der Waals surface area contributed by atoms with Crippen molar-refractivity contribution >= 4 is 16.9 Å². The van der Waals surface area contributed by atoms with E-state index < -0.39 is 11.4 Å². The predicted molar refractivity (Wildman–Crippen MR) is 70.8 cm³/mol. The lowest BCUT2D eigenvalue weighted by atomic mass is 10.0. The maximum atomic E-state index is 12.3. The van der Waals surface area contributed by atoms with Gasteiger partial charge in [0.05, 0.1) is 18.0 Å². The van der Waals surface area contributed by atoms with Crippen LogP contribution >= 0.6 is 0 Å². The predicted octanol–water partition coefficient (Wildman–Crippen LogP) is 1.52. The molecule has 0 aliphatic carbocycles. The van der Waals surface area contributed by atoms with Gasteiger partial charge in [-0.1, -0.05) is 12.0 Å². The van der Waals surface area contributed by atoms with Gasteiger partial charge in [0.25, 0.3) is 0 Å². The van der Waals surface area contributed by atoms with Crippen molar-refractivity contribution in [2.45, 2.75) is 6.92 Å². The molecule has 0 fully saturated rings. The van der Waals surface area contributed by atoms with Gasteiger partial charge in [-0.3, -0.25) is 4.79 Å². The Morgan fingerprint density at radius 3 is 2.68 bits per heavy atom. The van der Waals surface area contributed by atoms with E-state index in [-0.39, 0.29) is 11.3 Å². The van der Waals surface area contributed by atoms with Crippen LogP contribution in [0.3, 0.4) is 0 Å². The standard InChI is InChI=1S/C14H11NO4/c1-4-8-11(14(17)18)15-12-9(19-3)6-5-7(2)10(12)13(8)16/h1,5-6H,2-3H3,(H,15,16)(H,17,18). The van der Waals surface area contributed by atoms with Gasteiger partial charge in [0.15, 0.2) is 0 Å².